The van der Waals surface area contributed by atoms with Crippen molar-refractivity contribution < 1.29 is 29.3 Å². The van der Waals surface area contributed by atoms with E-state index in [9.17, 15) is 19.8 Å². The minimum atomic E-state index is -1.19. The van der Waals surface area contributed by atoms with E-state index < -0.39 is 5.41 Å². The van der Waals surface area contributed by atoms with E-state index in [0.29, 0.717) is 61.7 Å². The molecule has 8 heteroatoms. The number of carbonyl (C=O) groups excluding carboxylic acids is 3. The molecule has 0 radical (unpaired) electrons. The third-order valence-corrected chi connectivity index (χ3v) is 17.9. The second-order valence-corrected chi connectivity index (χ2v) is 20.3. The number of esters is 1. The SMILES string of the molecule is CC(=O)O[C@H]1CC[C@@]2(C)C(CC[C@]3(C)C2CC[C@@H]2C4C(C5CC5C)CC[C@]4(C(=O)N4CCN(C(=O)C(C)(CO)CO)CC4)CC[C@]23C)C1(C)C. The van der Waals surface area contributed by atoms with Crippen LogP contribution in [0.4, 0.5) is 0 Å². The van der Waals surface area contributed by atoms with Gasteiger partial charge in [0.2, 0.25) is 11.8 Å². The van der Waals surface area contributed by atoms with Crippen LogP contribution >= 0.6 is 0 Å². The number of hydrogen-bond acceptors (Lipinski definition) is 6. The molecule has 0 aromatic carbocycles. The van der Waals surface area contributed by atoms with Crippen molar-refractivity contribution in [1.29, 1.82) is 0 Å². The molecular weight excluding hydrogens is 628 g/mol. The Morgan fingerprint density at radius 1 is 0.760 bits per heavy atom. The highest BCUT2D eigenvalue weighted by Crippen LogP contribution is 2.78. The number of piperazine rings is 1. The molecule has 0 bridgehead atoms. The summed E-state index contributed by atoms with van der Waals surface area (Å²) in [7, 11) is 0. The number of hydrogen-bond donors (Lipinski definition) is 2. The summed E-state index contributed by atoms with van der Waals surface area (Å²) in [6.07, 6.45) is 12.5. The van der Waals surface area contributed by atoms with Gasteiger partial charge in [-0.3, -0.25) is 14.4 Å². The van der Waals surface area contributed by atoms with Crippen LogP contribution in [0.2, 0.25) is 0 Å². The second kappa shape index (κ2) is 12.2. The molecule has 0 aromatic rings. The monoisotopic (exact) mass is 697 g/mol. The van der Waals surface area contributed by atoms with Crippen LogP contribution in [-0.4, -0.2) is 83.3 Å². The molecule has 1 aliphatic heterocycles. The Morgan fingerprint density at radius 2 is 1.40 bits per heavy atom. The van der Waals surface area contributed by atoms with E-state index >= 15 is 4.79 Å². The second-order valence-electron chi connectivity index (χ2n) is 20.3. The van der Waals surface area contributed by atoms with Gasteiger partial charge in [0.15, 0.2) is 0 Å². The molecule has 6 unspecified atom stereocenters. The molecule has 0 spiro atoms. The molecule has 0 aromatic heterocycles. The van der Waals surface area contributed by atoms with E-state index in [1.165, 1.54) is 38.5 Å². The van der Waals surface area contributed by atoms with E-state index in [2.05, 4.69) is 46.4 Å². The van der Waals surface area contributed by atoms with Gasteiger partial charge in [-0.1, -0.05) is 41.5 Å². The first-order chi connectivity index (χ1) is 23.4. The minimum absolute atomic E-state index is 0.00990. The van der Waals surface area contributed by atoms with Crippen molar-refractivity contribution in [2.75, 3.05) is 39.4 Å². The molecule has 50 heavy (non-hydrogen) atoms. The van der Waals surface area contributed by atoms with E-state index in [-0.39, 0.29) is 58.3 Å². The molecule has 7 rings (SSSR count). The van der Waals surface area contributed by atoms with Gasteiger partial charge in [-0.25, -0.2) is 0 Å². The normalized spacial score (nSPS) is 46.6. The van der Waals surface area contributed by atoms with Crippen LogP contribution in [0.25, 0.3) is 0 Å². The predicted octanol–water partition coefficient (Wildman–Crippen LogP) is 6.32. The molecule has 6 saturated carbocycles. The molecule has 2 N–H and O–H groups in total. The number of fused-ring (bicyclic) bond motifs is 7. The molecule has 7 fully saturated rings. The summed E-state index contributed by atoms with van der Waals surface area (Å²) in [5.74, 6) is 4.24. The molecule has 1 saturated heterocycles. The van der Waals surface area contributed by atoms with Crippen molar-refractivity contribution in [3.05, 3.63) is 0 Å². The quantitative estimate of drug-likeness (QED) is 0.315. The number of ether oxygens (including phenoxy) is 1. The van der Waals surface area contributed by atoms with Gasteiger partial charge >= 0.3 is 5.97 Å². The van der Waals surface area contributed by atoms with Crippen LogP contribution in [0, 0.1) is 73.9 Å². The predicted molar refractivity (Wildman–Crippen MR) is 192 cm³/mol. The molecule has 8 nitrogen and oxygen atoms in total. The Bertz CT molecular complexity index is 1370. The van der Waals surface area contributed by atoms with Crippen LogP contribution in [0.3, 0.4) is 0 Å². The van der Waals surface area contributed by atoms with Crippen molar-refractivity contribution in [2.45, 2.75) is 132 Å². The van der Waals surface area contributed by atoms with Crippen LogP contribution in [0.1, 0.15) is 126 Å². The lowest BCUT2D eigenvalue weighted by Crippen LogP contribution is -2.68. The molecule has 282 valence electrons. The maximum absolute atomic E-state index is 15.1. The lowest BCUT2D eigenvalue weighted by molar-refractivity contribution is -0.250. The van der Waals surface area contributed by atoms with Crippen molar-refractivity contribution >= 4 is 17.8 Å². The van der Waals surface area contributed by atoms with Gasteiger partial charge in [-0.15, -0.1) is 0 Å². The average molecular weight is 697 g/mol. The van der Waals surface area contributed by atoms with Crippen LogP contribution < -0.4 is 0 Å². The Kier molecular flexibility index (Phi) is 8.93. The van der Waals surface area contributed by atoms with Crippen molar-refractivity contribution in [3.63, 3.8) is 0 Å². The molecular formula is C42H68N2O6. The first kappa shape index (κ1) is 36.7. The summed E-state index contributed by atoms with van der Waals surface area (Å²) in [6.45, 7) is 19.5. The first-order valence-electron chi connectivity index (χ1n) is 20.4. The highest BCUT2D eigenvalue weighted by atomic mass is 16.5. The molecule has 2 amide bonds. The lowest BCUT2D eigenvalue weighted by Gasteiger charge is -2.73. The van der Waals surface area contributed by atoms with Crippen LogP contribution in [0.15, 0.2) is 0 Å². The van der Waals surface area contributed by atoms with Gasteiger partial charge in [0, 0.05) is 38.5 Å². The molecule has 7 aliphatic rings. The van der Waals surface area contributed by atoms with Crippen LogP contribution in [-0.2, 0) is 19.1 Å². The smallest absolute Gasteiger partial charge is 0.302 e. The fourth-order valence-electron chi connectivity index (χ4n) is 14.8. The Balaban J connectivity index is 1.16. The minimum Gasteiger partial charge on any atom is -0.462 e. The summed E-state index contributed by atoms with van der Waals surface area (Å²) in [6, 6.07) is 0. The maximum atomic E-state index is 15.1. The fraction of sp³-hybridized carbons (Fsp3) is 0.929. The highest BCUT2D eigenvalue weighted by Gasteiger charge is 2.73. The largest absolute Gasteiger partial charge is 0.462 e. The number of aliphatic hydroxyl groups excluding tert-OH is 2. The Labute approximate surface area is 301 Å². The zero-order valence-corrected chi connectivity index (χ0v) is 32.6. The van der Waals surface area contributed by atoms with Crippen molar-refractivity contribution in [1.82, 2.24) is 9.80 Å². The van der Waals surface area contributed by atoms with Crippen LogP contribution in [0.5, 0.6) is 0 Å². The van der Waals surface area contributed by atoms with E-state index in [0.717, 1.165) is 43.9 Å². The third kappa shape index (κ3) is 5.05. The van der Waals surface area contributed by atoms with E-state index in [4.69, 9.17) is 4.74 Å². The number of rotatable bonds is 6. The van der Waals surface area contributed by atoms with E-state index in [1.807, 2.05) is 0 Å². The van der Waals surface area contributed by atoms with Gasteiger partial charge in [0.05, 0.1) is 24.0 Å². The number of aliphatic hydroxyl groups is 2. The zero-order valence-electron chi connectivity index (χ0n) is 32.6. The average Bonchev–Trinajstić information content (AvgIpc) is 3.68. The number of carbonyl (C=O) groups is 3. The highest BCUT2D eigenvalue weighted by molar-refractivity contribution is 5.85. The van der Waals surface area contributed by atoms with Gasteiger partial charge in [-0.2, -0.15) is 0 Å². The molecule has 12 atom stereocenters. The summed E-state index contributed by atoms with van der Waals surface area (Å²) in [5, 5.41) is 19.7. The fourth-order valence-corrected chi connectivity index (χ4v) is 14.8. The van der Waals surface area contributed by atoms with Gasteiger partial charge < -0.3 is 24.7 Å². The first-order valence-corrected chi connectivity index (χ1v) is 20.4. The summed E-state index contributed by atoms with van der Waals surface area (Å²) < 4.78 is 5.98. The maximum Gasteiger partial charge on any atom is 0.302 e. The summed E-state index contributed by atoms with van der Waals surface area (Å²) in [4.78, 5) is 44.2. The van der Waals surface area contributed by atoms with Crippen molar-refractivity contribution in [2.24, 2.45) is 73.9 Å². The standard InChI is InChI=1S/C42H68N2O6/c1-26-23-29(26)28-11-16-42(36(49)44-21-19-43(20-22-44)35(48)38(5,24-45)25-46)18-17-40(7)30(34(28)42)9-10-32-39(6)14-13-33(50-27(2)47)37(3,4)31(39)12-15-41(32,40)8/h26,28-34,45-46H,9-25H2,1-8H3/t26?,28?,29?,30-,31?,32?,33+,34?,39+,40-,41-,42+/m1/s1. The Morgan fingerprint density at radius 3 is 2.00 bits per heavy atom. The summed E-state index contributed by atoms with van der Waals surface area (Å²) in [5.41, 5.74) is -0.936. The Hall–Kier alpha value is -1.67. The van der Waals surface area contributed by atoms with Gasteiger partial charge in [0.25, 0.3) is 0 Å². The third-order valence-electron chi connectivity index (χ3n) is 17.9. The number of amides is 2. The number of nitrogens with zero attached hydrogens (tertiary/aromatic N) is 2. The van der Waals surface area contributed by atoms with Gasteiger partial charge in [-0.05, 0) is 135 Å². The molecule has 1 heterocycles. The zero-order chi connectivity index (χ0) is 36.2. The van der Waals surface area contributed by atoms with Crippen molar-refractivity contribution in [3.8, 4) is 0 Å². The topological polar surface area (TPSA) is 107 Å². The summed E-state index contributed by atoms with van der Waals surface area (Å²) >= 11 is 0. The van der Waals surface area contributed by atoms with E-state index in [1.54, 1.807) is 18.7 Å². The molecule has 6 aliphatic carbocycles. The lowest BCUT2D eigenvalue weighted by atomic mass is 9.32. The van der Waals surface area contributed by atoms with Gasteiger partial charge in [0.1, 0.15) is 6.10 Å².